The van der Waals surface area contributed by atoms with Gasteiger partial charge in [-0.15, -0.1) is 11.6 Å². The molecule has 0 fully saturated rings. The van der Waals surface area contributed by atoms with Crippen LogP contribution in [0.15, 0.2) is 0 Å². The molecule has 0 saturated carbocycles. The first-order valence-electron chi connectivity index (χ1n) is 4.16. The van der Waals surface area contributed by atoms with E-state index >= 15 is 0 Å². The van der Waals surface area contributed by atoms with Crippen molar-refractivity contribution in [3.63, 3.8) is 0 Å². The topological polar surface area (TPSA) is 35.5 Å². The van der Waals surface area contributed by atoms with E-state index in [1.54, 1.807) is 0 Å². The maximum Gasteiger partial charge on any atom is 0.404 e. The zero-order chi connectivity index (χ0) is 12.1. The molecule has 0 heterocycles. The van der Waals surface area contributed by atoms with Gasteiger partial charge in [-0.25, -0.2) is 0 Å². The van der Waals surface area contributed by atoms with E-state index < -0.39 is 19.1 Å². The van der Waals surface area contributed by atoms with Crippen LogP contribution in [0, 0.1) is 0 Å². The second-order valence-electron chi connectivity index (χ2n) is 2.85. The third kappa shape index (κ3) is 5.76. The lowest BCUT2D eigenvalue weighted by Gasteiger charge is -2.16. The summed E-state index contributed by atoms with van der Waals surface area (Å²) in [5, 5.41) is -1.92. The van der Waals surface area contributed by atoms with Crippen molar-refractivity contribution in [1.82, 2.24) is 0 Å². The van der Waals surface area contributed by atoms with E-state index in [2.05, 4.69) is 9.05 Å². The first-order valence-corrected chi connectivity index (χ1v) is 6.33. The lowest BCUT2D eigenvalue weighted by molar-refractivity contribution is -0.131. The molecule has 0 bridgehead atoms. The van der Waals surface area contributed by atoms with Crippen molar-refractivity contribution >= 4 is 19.2 Å². The maximum atomic E-state index is 12.0. The quantitative estimate of drug-likeness (QED) is 0.547. The Kier molecular flexibility index (Phi) is 6.18. The van der Waals surface area contributed by atoms with Crippen molar-refractivity contribution in [2.24, 2.45) is 0 Å². The second kappa shape index (κ2) is 6.09. The van der Waals surface area contributed by atoms with Gasteiger partial charge in [0.25, 0.3) is 0 Å². The smallest absolute Gasteiger partial charge is 0.312 e. The SMILES string of the molecule is COP(=O)(CCCC(Cl)C(F)(F)F)OC. The standard InChI is InChI=1S/C7H13ClF3O3P/c1-13-15(12,14-2)5-3-4-6(8)7(9,10)11/h6H,3-5H2,1-2H3. The Morgan fingerprint density at radius 2 is 1.80 bits per heavy atom. The normalized spacial score (nSPS) is 15.3. The van der Waals surface area contributed by atoms with Crippen LogP contribution in [0.4, 0.5) is 13.2 Å². The Bertz CT molecular complexity index is 226. The third-order valence-corrected chi connectivity index (χ3v) is 4.24. The average molecular weight is 269 g/mol. The summed E-state index contributed by atoms with van der Waals surface area (Å²) in [7, 11) is -0.842. The molecule has 0 spiro atoms. The van der Waals surface area contributed by atoms with Crippen LogP contribution in [0.1, 0.15) is 12.8 Å². The third-order valence-electron chi connectivity index (χ3n) is 1.80. The van der Waals surface area contributed by atoms with Crippen LogP contribution in [-0.4, -0.2) is 31.9 Å². The van der Waals surface area contributed by atoms with Gasteiger partial charge in [-0.2, -0.15) is 13.2 Å². The first-order chi connectivity index (χ1) is 6.75. The highest BCUT2D eigenvalue weighted by atomic mass is 35.5. The van der Waals surface area contributed by atoms with Gasteiger partial charge in [-0.3, -0.25) is 4.57 Å². The van der Waals surface area contributed by atoms with Gasteiger partial charge in [0, 0.05) is 14.2 Å². The molecule has 0 aromatic carbocycles. The van der Waals surface area contributed by atoms with Crippen molar-refractivity contribution in [2.45, 2.75) is 24.4 Å². The van der Waals surface area contributed by atoms with Gasteiger partial charge in [0.2, 0.25) is 0 Å². The van der Waals surface area contributed by atoms with Crippen molar-refractivity contribution in [2.75, 3.05) is 20.4 Å². The highest BCUT2D eigenvalue weighted by Gasteiger charge is 2.38. The number of rotatable bonds is 6. The van der Waals surface area contributed by atoms with Crippen LogP contribution in [0.25, 0.3) is 0 Å². The van der Waals surface area contributed by atoms with Crippen molar-refractivity contribution < 1.29 is 26.8 Å². The van der Waals surface area contributed by atoms with Crippen LogP contribution in [0.2, 0.25) is 0 Å². The summed E-state index contributed by atoms with van der Waals surface area (Å²) in [5.41, 5.74) is 0. The van der Waals surface area contributed by atoms with Crippen molar-refractivity contribution in [3.8, 4) is 0 Å². The Hall–Kier alpha value is 0.230. The average Bonchev–Trinajstić information content (AvgIpc) is 2.16. The van der Waals surface area contributed by atoms with E-state index in [1.165, 1.54) is 14.2 Å². The van der Waals surface area contributed by atoms with E-state index in [9.17, 15) is 17.7 Å². The van der Waals surface area contributed by atoms with Gasteiger partial charge in [0.15, 0.2) is 0 Å². The van der Waals surface area contributed by atoms with Crippen molar-refractivity contribution in [3.05, 3.63) is 0 Å². The van der Waals surface area contributed by atoms with E-state index in [1.807, 2.05) is 0 Å². The Balaban J connectivity index is 3.94. The van der Waals surface area contributed by atoms with Gasteiger partial charge >= 0.3 is 13.8 Å². The minimum absolute atomic E-state index is 0.0344. The predicted molar refractivity (Wildman–Crippen MR) is 51.4 cm³/mol. The molecule has 15 heavy (non-hydrogen) atoms. The second-order valence-corrected chi connectivity index (χ2v) is 5.78. The molecule has 92 valence electrons. The predicted octanol–water partition coefficient (Wildman–Crippen LogP) is 3.42. The summed E-state index contributed by atoms with van der Waals surface area (Å²) in [6.45, 7) is 0. The highest BCUT2D eigenvalue weighted by molar-refractivity contribution is 7.53. The number of hydrogen-bond donors (Lipinski definition) is 0. The van der Waals surface area contributed by atoms with Crippen LogP contribution in [-0.2, 0) is 13.6 Å². The molecular formula is C7H13ClF3O3P. The molecule has 1 unspecified atom stereocenters. The number of alkyl halides is 4. The molecule has 0 aliphatic heterocycles. The largest absolute Gasteiger partial charge is 0.404 e. The molecule has 0 aliphatic rings. The number of halogens is 4. The Morgan fingerprint density at radius 1 is 1.33 bits per heavy atom. The molecule has 3 nitrogen and oxygen atoms in total. The summed E-state index contributed by atoms with van der Waals surface area (Å²) in [6.07, 6.45) is -4.76. The van der Waals surface area contributed by atoms with Gasteiger partial charge in [-0.1, -0.05) is 0 Å². The van der Waals surface area contributed by atoms with Crippen LogP contribution in [0.5, 0.6) is 0 Å². The fourth-order valence-corrected chi connectivity index (χ4v) is 2.12. The monoisotopic (exact) mass is 268 g/mol. The van der Waals surface area contributed by atoms with Gasteiger partial charge in [0.05, 0.1) is 6.16 Å². The van der Waals surface area contributed by atoms with E-state index in [4.69, 9.17) is 11.6 Å². The van der Waals surface area contributed by atoms with Gasteiger partial charge in [-0.05, 0) is 12.8 Å². The molecule has 0 rings (SSSR count). The van der Waals surface area contributed by atoms with E-state index in [0.717, 1.165) is 0 Å². The first kappa shape index (κ1) is 15.2. The summed E-state index contributed by atoms with van der Waals surface area (Å²) < 4.78 is 56.4. The molecule has 0 saturated heterocycles. The zero-order valence-corrected chi connectivity index (χ0v) is 10.0. The van der Waals surface area contributed by atoms with Crippen molar-refractivity contribution in [1.29, 1.82) is 0 Å². The van der Waals surface area contributed by atoms with E-state index in [-0.39, 0.29) is 19.0 Å². The van der Waals surface area contributed by atoms with Gasteiger partial charge in [0.1, 0.15) is 5.38 Å². The molecule has 0 amide bonds. The summed E-state index contributed by atoms with van der Waals surface area (Å²) in [4.78, 5) is 0. The van der Waals surface area contributed by atoms with Crippen LogP contribution >= 0.6 is 19.2 Å². The molecule has 8 heteroatoms. The molecule has 0 aromatic rings. The minimum atomic E-state index is -4.42. The van der Waals surface area contributed by atoms with Crippen LogP contribution in [0.3, 0.4) is 0 Å². The maximum absolute atomic E-state index is 12.0. The molecule has 0 aromatic heterocycles. The summed E-state index contributed by atoms with van der Waals surface area (Å²) >= 11 is 5.08. The Morgan fingerprint density at radius 3 is 2.13 bits per heavy atom. The molecule has 0 N–H and O–H groups in total. The molecule has 0 radical (unpaired) electrons. The zero-order valence-electron chi connectivity index (χ0n) is 8.38. The summed E-state index contributed by atoms with van der Waals surface area (Å²) in [5.74, 6) is 0. The van der Waals surface area contributed by atoms with Gasteiger partial charge < -0.3 is 9.05 Å². The van der Waals surface area contributed by atoms with E-state index in [0.29, 0.717) is 0 Å². The molecular weight excluding hydrogens is 255 g/mol. The highest BCUT2D eigenvalue weighted by Crippen LogP contribution is 2.47. The fourth-order valence-electron chi connectivity index (χ4n) is 0.885. The molecule has 1 atom stereocenters. The fraction of sp³-hybridized carbons (Fsp3) is 1.00. The Labute approximate surface area is 91.4 Å². The lowest BCUT2D eigenvalue weighted by Crippen LogP contribution is -2.23. The lowest BCUT2D eigenvalue weighted by atomic mass is 10.2. The number of hydrogen-bond acceptors (Lipinski definition) is 3. The minimum Gasteiger partial charge on any atom is -0.312 e. The summed E-state index contributed by atoms with van der Waals surface area (Å²) in [6, 6.07) is 0. The molecule has 0 aliphatic carbocycles. The van der Waals surface area contributed by atoms with Crippen LogP contribution < -0.4 is 0 Å².